The lowest BCUT2D eigenvalue weighted by Crippen LogP contribution is -2.39. The molecule has 0 radical (unpaired) electrons. The van der Waals surface area contributed by atoms with Crippen LogP contribution in [0.25, 0.3) is 0 Å². The molecule has 1 N–H and O–H groups in total. The Morgan fingerprint density at radius 1 is 1.26 bits per heavy atom. The highest BCUT2D eigenvalue weighted by Gasteiger charge is 2.40. The minimum absolute atomic E-state index is 0.235. The summed E-state index contributed by atoms with van der Waals surface area (Å²) in [5.41, 5.74) is 0. The molecule has 1 aromatic rings. The van der Waals surface area contributed by atoms with E-state index in [1.165, 1.54) is 25.7 Å². The summed E-state index contributed by atoms with van der Waals surface area (Å²) in [6.07, 6.45) is 7.48. The maximum Gasteiger partial charge on any atom is 0.226 e. The van der Waals surface area contributed by atoms with Crippen molar-refractivity contribution in [3.63, 3.8) is 0 Å². The van der Waals surface area contributed by atoms with E-state index in [-0.39, 0.29) is 6.61 Å². The largest absolute Gasteiger partial charge is 0.396 e. The average molecular weight is 265 g/mol. The molecule has 0 saturated carbocycles. The summed E-state index contributed by atoms with van der Waals surface area (Å²) in [4.78, 5) is 7.08. The Bertz CT molecular complexity index is 407. The summed E-state index contributed by atoms with van der Waals surface area (Å²) in [6.45, 7) is 0.235. The number of aromatic nitrogens is 2. The normalized spacial score (nSPS) is 30.9. The monoisotopic (exact) mass is 265 g/mol. The van der Waals surface area contributed by atoms with E-state index in [9.17, 15) is 0 Å². The van der Waals surface area contributed by atoms with E-state index in [0.29, 0.717) is 18.0 Å². The molecule has 0 aromatic carbocycles. The number of rotatable bonds is 5. The van der Waals surface area contributed by atoms with Gasteiger partial charge in [-0.2, -0.15) is 4.98 Å². The first-order chi connectivity index (χ1) is 9.28. The number of hydrogen-bond donors (Lipinski definition) is 1. The first kappa shape index (κ1) is 13.1. The van der Waals surface area contributed by atoms with Gasteiger partial charge in [-0.1, -0.05) is 5.16 Å². The SMILES string of the molecule is CN1C2CCC1CC(c1noc(CCCCO)n1)C2. The lowest BCUT2D eigenvalue weighted by molar-refractivity contribution is 0.157. The van der Waals surface area contributed by atoms with Gasteiger partial charge in [0.25, 0.3) is 0 Å². The summed E-state index contributed by atoms with van der Waals surface area (Å²) >= 11 is 0. The summed E-state index contributed by atoms with van der Waals surface area (Å²) < 4.78 is 5.33. The highest BCUT2D eigenvalue weighted by atomic mass is 16.5. The van der Waals surface area contributed by atoms with Gasteiger partial charge in [0, 0.05) is 31.0 Å². The molecule has 19 heavy (non-hydrogen) atoms. The molecule has 2 unspecified atom stereocenters. The molecule has 2 fully saturated rings. The molecule has 2 saturated heterocycles. The lowest BCUT2D eigenvalue weighted by Gasteiger charge is -2.34. The van der Waals surface area contributed by atoms with E-state index < -0.39 is 0 Å². The van der Waals surface area contributed by atoms with E-state index in [2.05, 4.69) is 22.1 Å². The molecule has 2 bridgehead atoms. The lowest BCUT2D eigenvalue weighted by atomic mass is 9.90. The molecule has 3 rings (SSSR count). The van der Waals surface area contributed by atoms with Gasteiger partial charge in [-0.05, 0) is 45.6 Å². The summed E-state index contributed by atoms with van der Waals surface area (Å²) in [5, 5.41) is 12.9. The first-order valence-corrected chi connectivity index (χ1v) is 7.43. The molecule has 1 aromatic heterocycles. The van der Waals surface area contributed by atoms with Crippen LogP contribution in [0.5, 0.6) is 0 Å². The molecule has 0 amide bonds. The van der Waals surface area contributed by atoms with Crippen LogP contribution in [0.1, 0.15) is 56.2 Å². The molecule has 2 aliphatic rings. The van der Waals surface area contributed by atoms with Gasteiger partial charge in [-0.25, -0.2) is 0 Å². The van der Waals surface area contributed by atoms with E-state index in [0.717, 1.165) is 31.0 Å². The zero-order chi connectivity index (χ0) is 13.2. The van der Waals surface area contributed by atoms with Crippen LogP contribution < -0.4 is 0 Å². The number of unbranched alkanes of at least 4 members (excludes halogenated alkanes) is 1. The van der Waals surface area contributed by atoms with Gasteiger partial charge in [0.2, 0.25) is 5.89 Å². The van der Waals surface area contributed by atoms with Crippen LogP contribution in [0.2, 0.25) is 0 Å². The third kappa shape index (κ3) is 2.67. The quantitative estimate of drug-likeness (QED) is 0.821. The Hall–Kier alpha value is -0.940. The second-order valence-corrected chi connectivity index (χ2v) is 5.95. The number of aliphatic hydroxyl groups is 1. The molecule has 5 nitrogen and oxygen atoms in total. The number of hydrogen-bond acceptors (Lipinski definition) is 5. The van der Waals surface area contributed by atoms with E-state index in [1.807, 2.05) is 0 Å². The standard InChI is InChI=1S/C14H23N3O2/c1-17-11-5-6-12(17)9-10(8-11)14-15-13(19-16-14)4-2-3-7-18/h10-12,18H,2-9H2,1H3. The van der Waals surface area contributed by atoms with Crippen molar-refractivity contribution < 1.29 is 9.63 Å². The minimum Gasteiger partial charge on any atom is -0.396 e. The fourth-order valence-corrected chi connectivity index (χ4v) is 3.55. The highest BCUT2D eigenvalue weighted by molar-refractivity contribution is 5.05. The van der Waals surface area contributed by atoms with E-state index in [4.69, 9.17) is 9.63 Å². The third-order valence-corrected chi connectivity index (χ3v) is 4.75. The number of aryl methyl sites for hydroxylation is 1. The molecule has 2 atom stereocenters. The van der Waals surface area contributed by atoms with Crippen molar-refractivity contribution in [2.24, 2.45) is 0 Å². The second kappa shape index (κ2) is 5.59. The Kier molecular flexibility index (Phi) is 3.84. The molecule has 3 heterocycles. The maximum absolute atomic E-state index is 8.77. The van der Waals surface area contributed by atoms with Gasteiger partial charge < -0.3 is 14.5 Å². The Balaban J connectivity index is 1.60. The van der Waals surface area contributed by atoms with Gasteiger partial charge in [0.1, 0.15) is 0 Å². The Morgan fingerprint density at radius 2 is 2.00 bits per heavy atom. The molecular formula is C14H23N3O2. The fourth-order valence-electron chi connectivity index (χ4n) is 3.55. The maximum atomic E-state index is 8.77. The number of nitrogens with zero attached hydrogens (tertiary/aromatic N) is 3. The van der Waals surface area contributed by atoms with Crippen molar-refractivity contribution in [1.82, 2.24) is 15.0 Å². The van der Waals surface area contributed by atoms with Gasteiger partial charge in [-0.15, -0.1) is 0 Å². The molecule has 106 valence electrons. The average Bonchev–Trinajstić information content (AvgIpc) is 2.93. The third-order valence-electron chi connectivity index (χ3n) is 4.75. The number of aliphatic hydroxyl groups excluding tert-OH is 1. The molecule has 0 aliphatic carbocycles. The van der Waals surface area contributed by atoms with Crippen molar-refractivity contribution in [3.8, 4) is 0 Å². The number of fused-ring (bicyclic) bond motifs is 2. The van der Waals surface area contributed by atoms with Crippen molar-refractivity contribution in [2.75, 3.05) is 13.7 Å². The van der Waals surface area contributed by atoms with Gasteiger partial charge in [0.15, 0.2) is 5.82 Å². The van der Waals surface area contributed by atoms with Gasteiger partial charge in [0.05, 0.1) is 0 Å². The van der Waals surface area contributed by atoms with Crippen molar-refractivity contribution in [3.05, 3.63) is 11.7 Å². The second-order valence-electron chi connectivity index (χ2n) is 5.95. The first-order valence-electron chi connectivity index (χ1n) is 7.43. The van der Waals surface area contributed by atoms with E-state index in [1.54, 1.807) is 0 Å². The molecule has 2 aliphatic heterocycles. The van der Waals surface area contributed by atoms with Crippen LogP contribution in [0, 0.1) is 0 Å². The van der Waals surface area contributed by atoms with Gasteiger partial charge in [-0.3, -0.25) is 0 Å². The smallest absolute Gasteiger partial charge is 0.226 e. The topological polar surface area (TPSA) is 62.4 Å². The number of piperidine rings is 1. The molecule has 0 spiro atoms. The van der Waals surface area contributed by atoms with Crippen LogP contribution in [-0.4, -0.2) is 45.9 Å². The van der Waals surface area contributed by atoms with Crippen LogP contribution in [0.4, 0.5) is 0 Å². The zero-order valence-corrected chi connectivity index (χ0v) is 11.6. The summed E-state index contributed by atoms with van der Waals surface area (Å²) in [6, 6.07) is 1.42. The summed E-state index contributed by atoms with van der Waals surface area (Å²) in [5.74, 6) is 2.11. The minimum atomic E-state index is 0.235. The van der Waals surface area contributed by atoms with Crippen LogP contribution in [-0.2, 0) is 6.42 Å². The van der Waals surface area contributed by atoms with Crippen molar-refractivity contribution in [1.29, 1.82) is 0 Å². The fraction of sp³-hybridized carbons (Fsp3) is 0.857. The van der Waals surface area contributed by atoms with E-state index >= 15 is 0 Å². The van der Waals surface area contributed by atoms with Crippen molar-refractivity contribution >= 4 is 0 Å². The van der Waals surface area contributed by atoms with Crippen LogP contribution in [0.15, 0.2) is 4.52 Å². The van der Waals surface area contributed by atoms with Crippen molar-refractivity contribution in [2.45, 2.75) is 62.9 Å². The summed E-state index contributed by atoms with van der Waals surface area (Å²) in [7, 11) is 2.25. The Morgan fingerprint density at radius 3 is 2.68 bits per heavy atom. The van der Waals surface area contributed by atoms with Crippen LogP contribution in [0.3, 0.4) is 0 Å². The molecular weight excluding hydrogens is 242 g/mol. The zero-order valence-electron chi connectivity index (χ0n) is 11.6. The Labute approximate surface area is 114 Å². The predicted molar refractivity (Wildman–Crippen MR) is 70.9 cm³/mol. The molecule has 5 heteroatoms. The predicted octanol–water partition coefficient (Wildman–Crippen LogP) is 1.72. The van der Waals surface area contributed by atoms with Gasteiger partial charge >= 0.3 is 0 Å². The highest BCUT2D eigenvalue weighted by Crippen LogP contribution is 2.41. The van der Waals surface area contributed by atoms with Crippen LogP contribution >= 0.6 is 0 Å².